The van der Waals surface area contributed by atoms with Gasteiger partial charge in [0.2, 0.25) is 5.91 Å². The molecule has 0 fully saturated rings. The summed E-state index contributed by atoms with van der Waals surface area (Å²) in [5.41, 5.74) is -1.09. The molecule has 1 aromatic heterocycles. The predicted molar refractivity (Wildman–Crippen MR) is 65.0 cm³/mol. The first kappa shape index (κ1) is 14.4. The number of nitrogens with one attached hydrogen (secondary N) is 2. The third-order valence-electron chi connectivity index (χ3n) is 2.11. The van der Waals surface area contributed by atoms with Gasteiger partial charge in [0.05, 0.1) is 11.5 Å². The average Bonchev–Trinajstić information content (AvgIpc) is 2.36. The standard InChI is InChI=1S/C10H12N4O5/c1-2-11-9(15)5-13-8-3-6(10(16)17)7(4-12-8)14(18)19/h3-4H,2,5H2,1H3,(H,11,15)(H,12,13)(H,16,17). The van der Waals surface area contributed by atoms with E-state index < -0.39 is 22.1 Å². The van der Waals surface area contributed by atoms with Crippen molar-refractivity contribution >= 4 is 23.4 Å². The number of carboxylic acids is 1. The Kier molecular flexibility index (Phi) is 4.75. The van der Waals surface area contributed by atoms with E-state index in [0.717, 1.165) is 12.3 Å². The summed E-state index contributed by atoms with van der Waals surface area (Å²) in [6.07, 6.45) is 0.837. The number of nitrogens with zero attached hydrogens (tertiary/aromatic N) is 2. The van der Waals surface area contributed by atoms with Crippen molar-refractivity contribution in [2.24, 2.45) is 0 Å². The summed E-state index contributed by atoms with van der Waals surface area (Å²) in [5.74, 6) is -1.65. The molecule has 19 heavy (non-hydrogen) atoms. The molecule has 1 aromatic rings. The van der Waals surface area contributed by atoms with Gasteiger partial charge in [0.15, 0.2) is 0 Å². The van der Waals surface area contributed by atoms with E-state index in [0.29, 0.717) is 6.54 Å². The van der Waals surface area contributed by atoms with Gasteiger partial charge >= 0.3 is 11.7 Å². The number of hydrogen-bond acceptors (Lipinski definition) is 6. The SMILES string of the molecule is CCNC(=O)CNc1cc(C(=O)O)c([N+](=O)[O-])cn1. The molecule has 9 nitrogen and oxygen atoms in total. The summed E-state index contributed by atoms with van der Waals surface area (Å²) in [7, 11) is 0. The molecule has 102 valence electrons. The Bertz CT molecular complexity index is 517. The molecule has 1 heterocycles. The highest BCUT2D eigenvalue weighted by Crippen LogP contribution is 2.19. The van der Waals surface area contributed by atoms with Crippen LogP contribution in [0.3, 0.4) is 0 Å². The number of carbonyl (C=O) groups excluding carboxylic acids is 1. The molecule has 0 aliphatic rings. The first-order valence-electron chi connectivity index (χ1n) is 5.34. The maximum absolute atomic E-state index is 11.2. The zero-order valence-electron chi connectivity index (χ0n) is 10.0. The predicted octanol–water partition coefficient (Wildman–Crippen LogP) is 0.236. The van der Waals surface area contributed by atoms with Crippen LogP contribution in [-0.4, -0.2) is 40.0 Å². The minimum Gasteiger partial charge on any atom is -0.477 e. The topological polar surface area (TPSA) is 134 Å². The van der Waals surface area contributed by atoms with Crippen LogP contribution in [0, 0.1) is 10.1 Å². The maximum atomic E-state index is 11.2. The monoisotopic (exact) mass is 268 g/mol. The van der Waals surface area contributed by atoms with Crippen molar-refractivity contribution in [2.75, 3.05) is 18.4 Å². The van der Waals surface area contributed by atoms with Crippen molar-refractivity contribution in [1.82, 2.24) is 10.3 Å². The van der Waals surface area contributed by atoms with Crippen LogP contribution in [0.2, 0.25) is 0 Å². The van der Waals surface area contributed by atoms with E-state index in [-0.39, 0.29) is 18.3 Å². The molecular weight excluding hydrogens is 256 g/mol. The van der Waals surface area contributed by atoms with Gasteiger partial charge in [0.25, 0.3) is 0 Å². The number of pyridine rings is 1. The van der Waals surface area contributed by atoms with Gasteiger partial charge in [0.1, 0.15) is 17.6 Å². The summed E-state index contributed by atoms with van der Waals surface area (Å²) in [6.45, 7) is 2.12. The molecule has 0 aromatic carbocycles. The van der Waals surface area contributed by atoms with Gasteiger partial charge in [-0.2, -0.15) is 0 Å². The average molecular weight is 268 g/mol. The Balaban J connectivity index is 2.87. The molecule has 0 aliphatic heterocycles. The molecule has 0 spiro atoms. The molecule has 1 amide bonds. The van der Waals surface area contributed by atoms with Gasteiger partial charge in [-0.1, -0.05) is 0 Å². The zero-order valence-corrected chi connectivity index (χ0v) is 10.0. The van der Waals surface area contributed by atoms with Crippen LogP contribution in [0.5, 0.6) is 0 Å². The summed E-state index contributed by atoms with van der Waals surface area (Å²) < 4.78 is 0. The van der Waals surface area contributed by atoms with E-state index in [1.54, 1.807) is 6.92 Å². The third-order valence-corrected chi connectivity index (χ3v) is 2.11. The molecule has 3 N–H and O–H groups in total. The highest BCUT2D eigenvalue weighted by atomic mass is 16.6. The van der Waals surface area contributed by atoms with Gasteiger partial charge in [0, 0.05) is 12.6 Å². The quantitative estimate of drug-likeness (QED) is 0.496. The van der Waals surface area contributed by atoms with Crippen LogP contribution in [0.15, 0.2) is 12.3 Å². The van der Waals surface area contributed by atoms with Crippen molar-refractivity contribution in [1.29, 1.82) is 0 Å². The van der Waals surface area contributed by atoms with E-state index >= 15 is 0 Å². The Labute approximate surface area is 107 Å². The minimum absolute atomic E-state index is 0.0780. The van der Waals surface area contributed by atoms with Gasteiger partial charge in [-0.3, -0.25) is 14.9 Å². The van der Waals surface area contributed by atoms with E-state index in [2.05, 4.69) is 15.6 Å². The number of aromatic carboxylic acids is 1. The number of nitro groups is 1. The summed E-state index contributed by atoms with van der Waals surface area (Å²) in [5, 5.41) is 24.6. The first-order valence-corrected chi connectivity index (χ1v) is 5.34. The molecule has 0 unspecified atom stereocenters. The lowest BCUT2D eigenvalue weighted by Crippen LogP contribution is -2.29. The summed E-state index contributed by atoms with van der Waals surface area (Å²) in [6, 6.07) is 1.01. The van der Waals surface area contributed by atoms with Gasteiger partial charge in [-0.25, -0.2) is 9.78 Å². The number of rotatable bonds is 6. The Morgan fingerprint density at radius 2 is 2.21 bits per heavy atom. The number of hydrogen-bond donors (Lipinski definition) is 3. The van der Waals surface area contributed by atoms with Crippen LogP contribution in [0.25, 0.3) is 0 Å². The van der Waals surface area contributed by atoms with E-state index in [1.807, 2.05) is 0 Å². The number of aromatic nitrogens is 1. The number of anilines is 1. The van der Waals surface area contributed by atoms with Crippen molar-refractivity contribution < 1.29 is 19.6 Å². The molecule has 9 heteroatoms. The van der Waals surface area contributed by atoms with E-state index in [4.69, 9.17) is 5.11 Å². The molecular formula is C10H12N4O5. The Hall–Kier alpha value is -2.71. The first-order chi connectivity index (χ1) is 8.95. The molecule has 0 bridgehead atoms. The second kappa shape index (κ2) is 6.28. The zero-order chi connectivity index (χ0) is 14.4. The Morgan fingerprint density at radius 3 is 2.74 bits per heavy atom. The van der Waals surface area contributed by atoms with Gasteiger partial charge in [-0.05, 0) is 6.92 Å². The fraction of sp³-hybridized carbons (Fsp3) is 0.300. The number of carbonyl (C=O) groups is 2. The van der Waals surface area contributed by atoms with Crippen molar-refractivity contribution in [2.45, 2.75) is 6.92 Å². The molecule has 0 saturated carbocycles. The molecule has 1 rings (SSSR count). The van der Waals surface area contributed by atoms with Crippen LogP contribution < -0.4 is 10.6 Å². The Morgan fingerprint density at radius 1 is 1.53 bits per heavy atom. The summed E-state index contributed by atoms with van der Waals surface area (Å²) in [4.78, 5) is 35.5. The number of likely N-dealkylation sites (N-methyl/N-ethyl adjacent to an activating group) is 1. The van der Waals surface area contributed by atoms with Gasteiger partial charge in [-0.15, -0.1) is 0 Å². The van der Waals surface area contributed by atoms with Crippen LogP contribution >= 0.6 is 0 Å². The van der Waals surface area contributed by atoms with Crippen LogP contribution in [0.4, 0.5) is 11.5 Å². The van der Waals surface area contributed by atoms with Crippen LogP contribution in [-0.2, 0) is 4.79 Å². The molecule has 0 radical (unpaired) electrons. The second-order valence-electron chi connectivity index (χ2n) is 3.46. The molecule has 0 saturated heterocycles. The third kappa shape index (κ3) is 3.91. The maximum Gasteiger partial charge on any atom is 0.342 e. The lowest BCUT2D eigenvalue weighted by molar-refractivity contribution is -0.385. The van der Waals surface area contributed by atoms with Crippen LogP contribution in [0.1, 0.15) is 17.3 Å². The van der Waals surface area contributed by atoms with Gasteiger partial charge < -0.3 is 15.7 Å². The normalized spacial score (nSPS) is 9.74. The van der Waals surface area contributed by atoms with Crippen molar-refractivity contribution in [3.63, 3.8) is 0 Å². The van der Waals surface area contributed by atoms with E-state index in [1.165, 1.54) is 0 Å². The highest BCUT2D eigenvalue weighted by molar-refractivity contribution is 5.93. The van der Waals surface area contributed by atoms with Crippen molar-refractivity contribution in [3.05, 3.63) is 27.9 Å². The summed E-state index contributed by atoms with van der Waals surface area (Å²) >= 11 is 0. The lowest BCUT2D eigenvalue weighted by atomic mass is 10.2. The second-order valence-corrected chi connectivity index (χ2v) is 3.46. The largest absolute Gasteiger partial charge is 0.477 e. The number of amides is 1. The van der Waals surface area contributed by atoms with E-state index in [9.17, 15) is 19.7 Å². The minimum atomic E-state index is -1.44. The fourth-order valence-electron chi connectivity index (χ4n) is 1.29. The fourth-order valence-corrected chi connectivity index (χ4v) is 1.29. The smallest absolute Gasteiger partial charge is 0.342 e. The lowest BCUT2D eigenvalue weighted by Gasteiger charge is -2.06. The molecule has 0 aliphatic carbocycles. The highest BCUT2D eigenvalue weighted by Gasteiger charge is 2.21. The van der Waals surface area contributed by atoms with Crippen molar-refractivity contribution in [3.8, 4) is 0 Å². The molecule has 0 atom stereocenters. The number of carboxylic acid groups (broad SMARTS) is 1.